The summed E-state index contributed by atoms with van der Waals surface area (Å²) < 4.78 is 11.3. The fourth-order valence-electron chi connectivity index (χ4n) is 3.45. The van der Waals surface area contributed by atoms with Crippen molar-refractivity contribution in [3.63, 3.8) is 0 Å². The third-order valence-electron chi connectivity index (χ3n) is 4.72. The van der Waals surface area contributed by atoms with Crippen LogP contribution in [0.4, 0.5) is 5.82 Å². The first-order valence-electron chi connectivity index (χ1n) is 8.80. The van der Waals surface area contributed by atoms with Crippen LogP contribution in [0.2, 0.25) is 0 Å². The number of nitrogens with zero attached hydrogens (tertiary/aromatic N) is 4. The van der Waals surface area contributed by atoms with Gasteiger partial charge in [0.15, 0.2) is 11.6 Å². The van der Waals surface area contributed by atoms with Crippen LogP contribution in [-0.2, 0) is 0 Å². The topological polar surface area (TPSA) is 71.7 Å². The van der Waals surface area contributed by atoms with Crippen molar-refractivity contribution in [3.8, 4) is 5.75 Å². The molecule has 7 heteroatoms. The average molecular weight is 342 g/mol. The monoisotopic (exact) mass is 342 g/mol. The molecule has 0 saturated carbocycles. The van der Waals surface area contributed by atoms with Crippen molar-refractivity contribution >= 4 is 11.7 Å². The molecule has 2 aliphatic heterocycles. The van der Waals surface area contributed by atoms with E-state index in [0.717, 1.165) is 31.1 Å². The lowest BCUT2D eigenvalue weighted by Gasteiger charge is -2.22. The van der Waals surface area contributed by atoms with E-state index in [1.54, 1.807) is 24.1 Å². The molecule has 0 bridgehead atoms. The predicted molar refractivity (Wildman–Crippen MR) is 91.9 cm³/mol. The van der Waals surface area contributed by atoms with Crippen molar-refractivity contribution in [2.24, 2.45) is 0 Å². The molecular formula is C18H22N4O3. The van der Waals surface area contributed by atoms with Gasteiger partial charge in [-0.1, -0.05) is 5.16 Å². The number of aryl methyl sites for hydroxylation is 1. The van der Waals surface area contributed by atoms with Crippen LogP contribution in [-0.4, -0.2) is 53.2 Å². The number of carbonyl (C=O) groups is 1. The first kappa shape index (κ1) is 15.9. The van der Waals surface area contributed by atoms with Crippen LogP contribution in [0.25, 0.3) is 0 Å². The second-order valence-corrected chi connectivity index (χ2v) is 6.63. The van der Waals surface area contributed by atoms with Crippen LogP contribution in [0, 0.1) is 6.92 Å². The van der Waals surface area contributed by atoms with Gasteiger partial charge in [-0.05, 0) is 31.9 Å². The summed E-state index contributed by atoms with van der Waals surface area (Å²) in [6.07, 6.45) is 4.96. The Hall–Kier alpha value is -2.57. The smallest absolute Gasteiger partial charge is 0.292 e. The van der Waals surface area contributed by atoms with Gasteiger partial charge in [0.05, 0.1) is 12.2 Å². The highest BCUT2D eigenvalue weighted by Gasteiger charge is 2.31. The number of hydrogen-bond donors (Lipinski definition) is 0. The maximum Gasteiger partial charge on any atom is 0.292 e. The maximum absolute atomic E-state index is 12.5. The van der Waals surface area contributed by atoms with E-state index >= 15 is 0 Å². The lowest BCUT2D eigenvalue weighted by Crippen LogP contribution is -2.31. The SMILES string of the molecule is Cc1cc(C(=O)N2CC[C@@H](Oc3cccnc3N3CCCC3)C2)on1. The summed E-state index contributed by atoms with van der Waals surface area (Å²) in [6, 6.07) is 5.53. The van der Waals surface area contributed by atoms with E-state index in [0.29, 0.717) is 18.8 Å². The minimum absolute atomic E-state index is 0.0291. The van der Waals surface area contributed by atoms with Crippen LogP contribution < -0.4 is 9.64 Å². The van der Waals surface area contributed by atoms with E-state index in [-0.39, 0.29) is 17.8 Å². The number of pyridine rings is 1. The molecule has 25 heavy (non-hydrogen) atoms. The fraction of sp³-hybridized carbons (Fsp3) is 0.500. The van der Waals surface area contributed by atoms with Crippen molar-refractivity contribution in [1.29, 1.82) is 0 Å². The van der Waals surface area contributed by atoms with Gasteiger partial charge in [0.1, 0.15) is 6.10 Å². The molecule has 0 spiro atoms. The minimum Gasteiger partial charge on any atom is -0.485 e. The van der Waals surface area contributed by atoms with Gasteiger partial charge in [-0.15, -0.1) is 0 Å². The second kappa shape index (κ2) is 6.74. The Balaban J connectivity index is 1.42. The standard InChI is InChI=1S/C18H22N4O3/c1-13-11-16(25-20-13)18(23)22-10-6-14(12-22)24-15-5-4-7-19-17(15)21-8-2-3-9-21/h4-5,7,11,14H,2-3,6,8-10,12H2,1H3/t14-/m1/s1. The molecule has 1 atom stereocenters. The quantitative estimate of drug-likeness (QED) is 0.849. The van der Waals surface area contributed by atoms with Crippen molar-refractivity contribution in [2.45, 2.75) is 32.3 Å². The molecule has 0 unspecified atom stereocenters. The van der Waals surface area contributed by atoms with E-state index < -0.39 is 0 Å². The summed E-state index contributed by atoms with van der Waals surface area (Å²) in [5.74, 6) is 1.88. The largest absolute Gasteiger partial charge is 0.485 e. The maximum atomic E-state index is 12.5. The molecular weight excluding hydrogens is 320 g/mol. The summed E-state index contributed by atoms with van der Waals surface area (Å²) in [5.41, 5.74) is 0.709. The van der Waals surface area contributed by atoms with Gasteiger partial charge in [-0.25, -0.2) is 4.98 Å². The van der Waals surface area contributed by atoms with Gasteiger partial charge in [-0.3, -0.25) is 4.79 Å². The van der Waals surface area contributed by atoms with Crippen molar-refractivity contribution in [1.82, 2.24) is 15.0 Å². The molecule has 0 aliphatic carbocycles. The van der Waals surface area contributed by atoms with Gasteiger partial charge in [-0.2, -0.15) is 0 Å². The molecule has 0 aromatic carbocycles. The molecule has 2 aromatic rings. The second-order valence-electron chi connectivity index (χ2n) is 6.63. The Bertz CT molecular complexity index is 754. The van der Waals surface area contributed by atoms with Crippen LogP contribution in [0.15, 0.2) is 28.9 Å². The number of amides is 1. The Morgan fingerprint density at radius 2 is 2.16 bits per heavy atom. The molecule has 2 saturated heterocycles. The Labute approximate surface area is 146 Å². The first-order chi connectivity index (χ1) is 12.2. The molecule has 2 aliphatic rings. The highest BCUT2D eigenvalue weighted by Crippen LogP contribution is 2.30. The van der Waals surface area contributed by atoms with Crippen molar-refractivity contribution < 1.29 is 14.1 Å². The number of anilines is 1. The molecule has 2 fully saturated rings. The molecule has 4 heterocycles. The number of carbonyl (C=O) groups excluding carboxylic acids is 1. The first-order valence-corrected chi connectivity index (χ1v) is 8.80. The highest BCUT2D eigenvalue weighted by atomic mass is 16.5. The number of rotatable bonds is 4. The molecule has 7 nitrogen and oxygen atoms in total. The molecule has 132 valence electrons. The minimum atomic E-state index is -0.127. The van der Waals surface area contributed by atoms with Gasteiger partial charge >= 0.3 is 0 Å². The van der Waals surface area contributed by atoms with E-state index in [1.165, 1.54) is 12.8 Å². The highest BCUT2D eigenvalue weighted by molar-refractivity contribution is 5.91. The molecule has 0 radical (unpaired) electrons. The predicted octanol–water partition coefficient (Wildman–Crippen LogP) is 2.27. The van der Waals surface area contributed by atoms with Crippen molar-refractivity contribution in [2.75, 3.05) is 31.1 Å². The van der Waals surface area contributed by atoms with Gasteiger partial charge in [0.25, 0.3) is 5.91 Å². The lowest BCUT2D eigenvalue weighted by molar-refractivity contribution is 0.0731. The van der Waals surface area contributed by atoms with E-state index in [1.807, 2.05) is 12.1 Å². The Kier molecular flexibility index (Phi) is 4.29. The zero-order valence-corrected chi connectivity index (χ0v) is 14.4. The van der Waals surface area contributed by atoms with Crippen LogP contribution in [0.1, 0.15) is 35.5 Å². The normalized spacial score (nSPS) is 20.3. The van der Waals surface area contributed by atoms with Crippen molar-refractivity contribution in [3.05, 3.63) is 35.9 Å². The third-order valence-corrected chi connectivity index (χ3v) is 4.72. The summed E-state index contributed by atoms with van der Waals surface area (Å²) in [6.45, 7) is 5.05. The van der Waals surface area contributed by atoms with Crippen LogP contribution in [0.3, 0.4) is 0 Å². The van der Waals surface area contributed by atoms with Gasteiger partial charge in [0.2, 0.25) is 5.76 Å². The number of ether oxygens (including phenoxy) is 1. The number of aromatic nitrogens is 2. The zero-order chi connectivity index (χ0) is 17.2. The fourth-order valence-corrected chi connectivity index (χ4v) is 3.45. The number of hydrogen-bond acceptors (Lipinski definition) is 6. The molecule has 2 aromatic heterocycles. The number of likely N-dealkylation sites (tertiary alicyclic amines) is 1. The van der Waals surface area contributed by atoms with Crippen LogP contribution >= 0.6 is 0 Å². The third kappa shape index (κ3) is 3.31. The summed E-state index contributed by atoms with van der Waals surface area (Å²) in [5, 5.41) is 3.78. The Morgan fingerprint density at radius 3 is 2.92 bits per heavy atom. The van der Waals surface area contributed by atoms with Gasteiger partial charge < -0.3 is 19.1 Å². The summed E-state index contributed by atoms with van der Waals surface area (Å²) in [7, 11) is 0. The molecule has 1 amide bonds. The van der Waals surface area contributed by atoms with E-state index in [4.69, 9.17) is 9.26 Å². The average Bonchev–Trinajstić information content (AvgIpc) is 3.36. The van der Waals surface area contributed by atoms with E-state index in [2.05, 4.69) is 15.0 Å². The van der Waals surface area contributed by atoms with Crippen LogP contribution in [0.5, 0.6) is 5.75 Å². The lowest BCUT2D eigenvalue weighted by atomic mass is 10.3. The Morgan fingerprint density at radius 1 is 1.32 bits per heavy atom. The van der Waals surface area contributed by atoms with Gasteiger partial charge in [0, 0.05) is 38.3 Å². The zero-order valence-electron chi connectivity index (χ0n) is 14.4. The van der Waals surface area contributed by atoms with E-state index in [9.17, 15) is 4.79 Å². The summed E-state index contributed by atoms with van der Waals surface area (Å²) in [4.78, 5) is 21.0. The molecule has 4 rings (SSSR count). The molecule has 0 N–H and O–H groups in total. The summed E-state index contributed by atoms with van der Waals surface area (Å²) >= 11 is 0.